The van der Waals surface area contributed by atoms with Crippen LogP contribution < -0.4 is 4.31 Å². The summed E-state index contributed by atoms with van der Waals surface area (Å²) < 4.78 is 23.4. The predicted octanol–water partition coefficient (Wildman–Crippen LogP) is 5.60. The average Bonchev–Trinajstić information content (AvgIpc) is 2.78. The molecule has 5 nitrogen and oxygen atoms in total. The molecule has 4 aromatic carbocycles. The molecule has 0 bridgehead atoms. The molecule has 0 radical (unpaired) electrons. The average molecular weight is 432 g/mol. The SMILES string of the molecule is O=C(O)c1ccccc1CCc1ccc(N(c2ccc3ccccc3c2)S(=O)O)cc1. The van der Waals surface area contributed by atoms with Crippen LogP contribution in [-0.2, 0) is 24.1 Å². The number of carbonyl (C=O) groups is 1. The van der Waals surface area contributed by atoms with Crippen LogP contribution in [0.5, 0.6) is 0 Å². The number of aryl methyl sites for hydroxylation is 2. The number of hydrogen-bond acceptors (Lipinski definition) is 2. The topological polar surface area (TPSA) is 77.8 Å². The van der Waals surface area contributed by atoms with Crippen LogP contribution in [0.1, 0.15) is 21.5 Å². The fourth-order valence-electron chi connectivity index (χ4n) is 3.66. The van der Waals surface area contributed by atoms with E-state index in [1.165, 1.54) is 4.31 Å². The fourth-order valence-corrected chi connectivity index (χ4v) is 4.25. The molecule has 1 unspecified atom stereocenters. The molecule has 156 valence electrons. The number of nitrogens with zero attached hydrogens (tertiary/aromatic N) is 1. The molecular weight excluding hydrogens is 410 g/mol. The highest BCUT2D eigenvalue weighted by molar-refractivity contribution is 7.81. The zero-order chi connectivity index (χ0) is 21.8. The molecule has 0 amide bonds. The van der Waals surface area contributed by atoms with Crippen LogP contribution >= 0.6 is 0 Å². The highest BCUT2D eigenvalue weighted by atomic mass is 32.2. The van der Waals surface area contributed by atoms with E-state index in [1.54, 1.807) is 12.1 Å². The van der Waals surface area contributed by atoms with Gasteiger partial charge in [-0.15, -0.1) is 0 Å². The van der Waals surface area contributed by atoms with E-state index in [9.17, 15) is 18.7 Å². The van der Waals surface area contributed by atoms with Gasteiger partial charge in [0.1, 0.15) is 0 Å². The van der Waals surface area contributed by atoms with E-state index in [-0.39, 0.29) is 0 Å². The summed E-state index contributed by atoms with van der Waals surface area (Å²) in [6.07, 6.45) is 1.27. The van der Waals surface area contributed by atoms with Crippen LogP contribution in [0.15, 0.2) is 91.0 Å². The van der Waals surface area contributed by atoms with Crippen molar-refractivity contribution in [1.82, 2.24) is 0 Å². The molecule has 0 saturated carbocycles. The van der Waals surface area contributed by atoms with Crippen molar-refractivity contribution in [3.63, 3.8) is 0 Å². The van der Waals surface area contributed by atoms with E-state index in [0.717, 1.165) is 21.9 Å². The van der Waals surface area contributed by atoms with Gasteiger partial charge in [-0.25, -0.2) is 13.3 Å². The summed E-state index contributed by atoms with van der Waals surface area (Å²) in [7, 11) is 0. The minimum atomic E-state index is -2.23. The van der Waals surface area contributed by atoms with Crippen molar-refractivity contribution in [3.8, 4) is 0 Å². The first-order valence-corrected chi connectivity index (χ1v) is 10.9. The van der Waals surface area contributed by atoms with Crippen LogP contribution in [-0.4, -0.2) is 19.8 Å². The van der Waals surface area contributed by atoms with E-state index < -0.39 is 17.2 Å². The van der Waals surface area contributed by atoms with E-state index >= 15 is 0 Å². The zero-order valence-corrected chi connectivity index (χ0v) is 17.5. The van der Waals surface area contributed by atoms with E-state index in [4.69, 9.17) is 0 Å². The number of carboxylic acid groups (broad SMARTS) is 1. The Labute approximate surface area is 183 Å². The summed E-state index contributed by atoms with van der Waals surface area (Å²) in [5, 5.41) is 11.4. The Morgan fingerprint density at radius 1 is 0.774 bits per heavy atom. The Hall–Kier alpha value is -3.48. The lowest BCUT2D eigenvalue weighted by molar-refractivity contribution is 0.0695. The van der Waals surface area contributed by atoms with Crippen LogP contribution in [0.4, 0.5) is 11.4 Å². The van der Waals surface area contributed by atoms with Crippen molar-refractivity contribution in [3.05, 3.63) is 108 Å². The summed E-state index contributed by atoms with van der Waals surface area (Å²) >= 11 is -2.23. The Morgan fingerprint density at radius 3 is 2.13 bits per heavy atom. The molecule has 0 aliphatic rings. The molecule has 0 saturated heterocycles. The quantitative estimate of drug-likeness (QED) is 0.374. The van der Waals surface area contributed by atoms with E-state index in [1.807, 2.05) is 78.9 Å². The Morgan fingerprint density at radius 2 is 1.42 bits per heavy atom. The van der Waals surface area contributed by atoms with Gasteiger partial charge in [0.2, 0.25) is 0 Å². The molecule has 1 atom stereocenters. The highest BCUT2D eigenvalue weighted by Crippen LogP contribution is 2.30. The van der Waals surface area contributed by atoms with Crippen molar-refractivity contribution in [1.29, 1.82) is 0 Å². The van der Waals surface area contributed by atoms with Crippen molar-refractivity contribution >= 4 is 39.4 Å². The molecular formula is C25H21NO4S. The van der Waals surface area contributed by atoms with Gasteiger partial charge in [0.15, 0.2) is 0 Å². The van der Waals surface area contributed by atoms with Gasteiger partial charge in [0.05, 0.1) is 16.9 Å². The van der Waals surface area contributed by atoms with Crippen molar-refractivity contribution < 1.29 is 18.7 Å². The second-order valence-electron chi connectivity index (χ2n) is 7.19. The first kappa shape index (κ1) is 20.8. The van der Waals surface area contributed by atoms with E-state index in [0.29, 0.717) is 29.8 Å². The van der Waals surface area contributed by atoms with Gasteiger partial charge in [0, 0.05) is 0 Å². The first-order chi connectivity index (χ1) is 15.0. The number of rotatable bonds is 7. The smallest absolute Gasteiger partial charge is 0.335 e. The fraction of sp³-hybridized carbons (Fsp3) is 0.0800. The van der Waals surface area contributed by atoms with Gasteiger partial charge in [-0.05, 0) is 65.1 Å². The largest absolute Gasteiger partial charge is 0.478 e. The molecule has 0 fully saturated rings. The number of carboxylic acids is 1. The lowest BCUT2D eigenvalue weighted by Crippen LogP contribution is -2.19. The lowest BCUT2D eigenvalue weighted by atomic mass is 10.00. The minimum absolute atomic E-state index is 0.317. The summed E-state index contributed by atoms with van der Waals surface area (Å²) in [6, 6.07) is 27.9. The molecule has 31 heavy (non-hydrogen) atoms. The summed E-state index contributed by atoms with van der Waals surface area (Å²) in [4.78, 5) is 11.4. The molecule has 4 aromatic rings. The minimum Gasteiger partial charge on any atom is -0.478 e. The maximum Gasteiger partial charge on any atom is 0.335 e. The zero-order valence-electron chi connectivity index (χ0n) is 16.6. The molecule has 0 aliphatic carbocycles. The predicted molar refractivity (Wildman–Crippen MR) is 124 cm³/mol. The third-order valence-electron chi connectivity index (χ3n) is 5.23. The van der Waals surface area contributed by atoms with Gasteiger partial charge in [-0.2, -0.15) is 0 Å². The summed E-state index contributed by atoms with van der Waals surface area (Å²) in [5.41, 5.74) is 3.35. The Bertz CT molecular complexity index is 1250. The number of hydrogen-bond donors (Lipinski definition) is 2. The molecule has 0 heterocycles. The maximum atomic E-state index is 12.1. The van der Waals surface area contributed by atoms with Gasteiger partial charge < -0.3 is 5.11 Å². The third-order valence-corrected chi connectivity index (χ3v) is 5.96. The van der Waals surface area contributed by atoms with E-state index in [2.05, 4.69) is 0 Å². The van der Waals surface area contributed by atoms with Crippen LogP contribution in [0, 0.1) is 0 Å². The number of aromatic carboxylic acids is 1. The number of anilines is 2. The molecule has 0 aromatic heterocycles. The monoisotopic (exact) mass is 431 g/mol. The number of benzene rings is 4. The van der Waals surface area contributed by atoms with Crippen molar-refractivity contribution in [2.24, 2.45) is 0 Å². The molecule has 0 spiro atoms. The Balaban J connectivity index is 1.55. The Kier molecular flexibility index (Phi) is 6.11. The van der Waals surface area contributed by atoms with Crippen LogP contribution in [0.25, 0.3) is 10.8 Å². The lowest BCUT2D eigenvalue weighted by Gasteiger charge is -2.21. The van der Waals surface area contributed by atoms with Crippen molar-refractivity contribution in [2.45, 2.75) is 12.8 Å². The standard InChI is InChI=1S/C25H21NO4S/c27-25(28)24-8-4-3-6-20(24)12-9-18-10-14-22(15-11-18)26(31(29)30)23-16-13-19-5-1-2-7-21(19)17-23/h1-8,10-11,13-17H,9,12H2,(H,27,28)(H,29,30). The third kappa shape index (κ3) is 4.66. The second kappa shape index (κ2) is 9.12. The van der Waals surface area contributed by atoms with Gasteiger partial charge in [-0.3, -0.25) is 4.55 Å². The number of fused-ring (bicyclic) bond motifs is 1. The molecule has 4 rings (SSSR count). The van der Waals surface area contributed by atoms with Crippen molar-refractivity contribution in [2.75, 3.05) is 4.31 Å². The van der Waals surface area contributed by atoms with Gasteiger partial charge in [0.25, 0.3) is 11.3 Å². The second-order valence-corrected chi connectivity index (χ2v) is 8.01. The first-order valence-electron chi connectivity index (χ1n) is 9.83. The maximum absolute atomic E-state index is 12.1. The van der Waals surface area contributed by atoms with Gasteiger partial charge >= 0.3 is 5.97 Å². The highest BCUT2D eigenvalue weighted by Gasteiger charge is 2.16. The molecule has 2 N–H and O–H groups in total. The normalized spacial score (nSPS) is 11.9. The van der Waals surface area contributed by atoms with Gasteiger partial charge in [-0.1, -0.05) is 60.7 Å². The summed E-state index contributed by atoms with van der Waals surface area (Å²) in [6.45, 7) is 0. The summed E-state index contributed by atoms with van der Waals surface area (Å²) in [5.74, 6) is -0.928. The molecule has 6 heteroatoms. The van der Waals surface area contributed by atoms with Crippen LogP contribution in [0.3, 0.4) is 0 Å². The van der Waals surface area contributed by atoms with Crippen LogP contribution in [0.2, 0.25) is 0 Å². The molecule has 0 aliphatic heterocycles.